The fourth-order valence-electron chi connectivity index (χ4n) is 1.84. The van der Waals surface area contributed by atoms with Gasteiger partial charge in [0.15, 0.2) is 5.96 Å². The lowest BCUT2D eigenvalue weighted by Crippen LogP contribution is -2.36. The molecule has 1 aromatic rings. The van der Waals surface area contributed by atoms with Gasteiger partial charge in [-0.15, -0.1) is 0 Å². The van der Waals surface area contributed by atoms with E-state index in [2.05, 4.69) is 20.8 Å². The molecule has 3 N–H and O–H groups in total. The van der Waals surface area contributed by atoms with Crippen LogP contribution >= 0.6 is 0 Å². The minimum absolute atomic E-state index is 0.00183. The predicted octanol–water partition coefficient (Wildman–Crippen LogP) is -0.538. The molecule has 1 aliphatic heterocycles. The molecular weight excluding hydrogens is 306 g/mol. The zero-order chi connectivity index (χ0) is 16.5. The summed E-state index contributed by atoms with van der Waals surface area (Å²) in [7, 11) is 0. The van der Waals surface area contributed by atoms with Gasteiger partial charge in [0.05, 0.1) is 32.3 Å². The van der Waals surface area contributed by atoms with Gasteiger partial charge in [0.2, 0.25) is 5.76 Å². The third-order valence-electron chi connectivity index (χ3n) is 2.94. The van der Waals surface area contributed by atoms with Crippen molar-refractivity contribution in [1.82, 2.24) is 20.9 Å². The highest BCUT2D eigenvalue weighted by Gasteiger charge is 2.21. The van der Waals surface area contributed by atoms with Gasteiger partial charge in [-0.3, -0.25) is 19.4 Å². The molecule has 0 bridgehead atoms. The number of nitrogens with one attached hydrogen (secondary N) is 2. The predicted molar refractivity (Wildman–Crippen MR) is 78.7 cm³/mol. The van der Waals surface area contributed by atoms with Crippen LogP contribution in [0.1, 0.15) is 23.4 Å². The Morgan fingerprint density at radius 3 is 3.04 bits per heavy atom. The molecule has 2 rings (SSSR count). The largest absolute Gasteiger partial charge is 0.481 e. The van der Waals surface area contributed by atoms with E-state index >= 15 is 0 Å². The van der Waals surface area contributed by atoms with Crippen LogP contribution in [0.5, 0.6) is 0 Å². The average Bonchev–Trinajstić information content (AvgIpc) is 3.22. The molecule has 126 valence electrons. The number of carboxylic acid groups (broad SMARTS) is 1. The van der Waals surface area contributed by atoms with E-state index in [1.165, 1.54) is 12.3 Å². The highest BCUT2D eigenvalue weighted by molar-refractivity contribution is 5.90. The molecule has 0 saturated carbocycles. The molecule has 0 aliphatic carbocycles. The molecule has 0 atom stereocenters. The smallest absolute Gasteiger partial charge is 0.315 e. The van der Waals surface area contributed by atoms with E-state index in [0.717, 1.165) is 24.1 Å². The lowest BCUT2D eigenvalue weighted by Gasteiger charge is -2.20. The van der Waals surface area contributed by atoms with Crippen molar-refractivity contribution in [2.45, 2.75) is 12.8 Å². The van der Waals surface area contributed by atoms with Crippen molar-refractivity contribution < 1.29 is 24.1 Å². The highest BCUT2D eigenvalue weighted by Crippen LogP contribution is 2.06. The third-order valence-corrected chi connectivity index (χ3v) is 2.94. The molecule has 1 aromatic heterocycles. The molecule has 0 radical (unpaired) electrons. The van der Waals surface area contributed by atoms with E-state index < -0.39 is 11.9 Å². The Labute approximate surface area is 132 Å². The third kappa shape index (κ3) is 5.58. The molecule has 0 aromatic carbocycles. The molecule has 10 heteroatoms. The molecule has 0 spiro atoms. The summed E-state index contributed by atoms with van der Waals surface area (Å²) in [5.74, 6) is -0.821. The van der Waals surface area contributed by atoms with Crippen molar-refractivity contribution in [2.75, 3.05) is 32.8 Å². The number of carbonyl (C=O) groups is 2. The molecule has 1 amide bonds. The number of rotatable bonds is 9. The maximum Gasteiger partial charge on any atom is 0.315 e. The number of amides is 1. The van der Waals surface area contributed by atoms with Crippen molar-refractivity contribution in [3.05, 3.63) is 18.0 Å². The second-order valence-corrected chi connectivity index (χ2v) is 4.70. The Morgan fingerprint density at radius 1 is 1.52 bits per heavy atom. The maximum atomic E-state index is 12.1. The lowest BCUT2D eigenvalue weighted by molar-refractivity contribution is -0.146. The van der Waals surface area contributed by atoms with E-state index in [4.69, 9.17) is 14.5 Å². The SMILES string of the molecule is O=C(O)CCN(OCCCNC1=NCCN1)C(=O)c1ccno1. The van der Waals surface area contributed by atoms with Crippen LogP contribution in [0.25, 0.3) is 0 Å². The van der Waals surface area contributed by atoms with E-state index in [-0.39, 0.29) is 25.3 Å². The normalized spacial score (nSPS) is 13.3. The minimum Gasteiger partial charge on any atom is -0.481 e. The fraction of sp³-hybridized carbons (Fsp3) is 0.538. The second kappa shape index (κ2) is 8.73. The number of aliphatic carboxylic acids is 1. The summed E-state index contributed by atoms with van der Waals surface area (Å²) in [5, 5.41) is 19.4. The van der Waals surface area contributed by atoms with E-state index in [1.54, 1.807) is 0 Å². The number of aromatic nitrogens is 1. The van der Waals surface area contributed by atoms with E-state index in [0.29, 0.717) is 13.0 Å². The number of hydrogen-bond acceptors (Lipinski definition) is 8. The van der Waals surface area contributed by atoms with Gasteiger partial charge in [0.1, 0.15) is 0 Å². The summed E-state index contributed by atoms with van der Waals surface area (Å²) >= 11 is 0. The monoisotopic (exact) mass is 325 g/mol. The van der Waals surface area contributed by atoms with Gasteiger partial charge in [0.25, 0.3) is 0 Å². The van der Waals surface area contributed by atoms with Crippen molar-refractivity contribution in [2.24, 2.45) is 4.99 Å². The van der Waals surface area contributed by atoms with Crippen LogP contribution in [0.3, 0.4) is 0 Å². The van der Waals surface area contributed by atoms with Gasteiger partial charge in [-0.1, -0.05) is 5.16 Å². The van der Waals surface area contributed by atoms with E-state index in [1.807, 2.05) is 0 Å². The Balaban J connectivity index is 1.75. The maximum absolute atomic E-state index is 12.1. The van der Waals surface area contributed by atoms with Crippen LogP contribution in [-0.4, -0.2) is 65.9 Å². The van der Waals surface area contributed by atoms with Gasteiger partial charge < -0.3 is 20.3 Å². The first kappa shape index (κ1) is 16.7. The van der Waals surface area contributed by atoms with Crippen LogP contribution in [0.4, 0.5) is 0 Å². The van der Waals surface area contributed by atoms with Crippen LogP contribution < -0.4 is 10.6 Å². The number of hydrogen-bond donors (Lipinski definition) is 3. The van der Waals surface area contributed by atoms with Gasteiger partial charge in [-0.25, -0.2) is 5.06 Å². The first-order valence-electron chi connectivity index (χ1n) is 7.26. The number of carboxylic acids is 1. The summed E-state index contributed by atoms with van der Waals surface area (Å²) < 4.78 is 4.77. The molecule has 1 aliphatic rings. The first-order chi connectivity index (χ1) is 11.2. The van der Waals surface area contributed by atoms with Crippen molar-refractivity contribution >= 4 is 17.8 Å². The molecule has 2 heterocycles. The van der Waals surface area contributed by atoms with E-state index in [9.17, 15) is 9.59 Å². The number of hydroxylamine groups is 2. The van der Waals surface area contributed by atoms with Crippen molar-refractivity contribution in [1.29, 1.82) is 0 Å². The molecule has 0 saturated heterocycles. The average molecular weight is 325 g/mol. The number of guanidine groups is 1. The molecular formula is C13H19N5O5. The van der Waals surface area contributed by atoms with Crippen LogP contribution in [-0.2, 0) is 9.63 Å². The van der Waals surface area contributed by atoms with Gasteiger partial charge in [-0.2, -0.15) is 0 Å². The first-order valence-corrected chi connectivity index (χ1v) is 7.26. The van der Waals surface area contributed by atoms with Gasteiger partial charge >= 0.3 is 11.9 Å². The zero-order valence-electron chi connectivity index (χ0n) is 12.5. The number of aliphatic imine (C=N–C) groups is 1. The quantitative estimate of drug-likeness (QED) is 0.408. The second-order valence-electron chi connectivity index (χ2n) is 4.70. The van der Waals surface area contributed by atoms with Crippen LogP contribution in [0.2, 0.25) is 0 Å². The summed E-state index contributed by atoms with van der Waals surface area (Å²) in [5.41, 5.74) is 0. The highest BCUT2D eigenvalue weighted by atomic mass is 16.7. The Morgan fingerprint density at radius 2 is 2.39 bits per heavy atom. The summed E-state index contributed by atoms with van der Waals surface area (Å²) in [6.45, 7) is 2.38. The Bertz CT molecular complexity index is 545. The molecule has 10 nitrogen and oxygen atoms in total. The molecule has 0 unspecified atom stereocenters. The van der Waals surface area contributed by atoms with Crippen LogP contribution in [0.15, 0.2) is 21.8 Å². The summed E-state index contributed by atoms with van der Waals surface area (Å²) in [4.78, 5) is 32.4. The van der Waals surface area contributed by atoms with Crippen molar-refractivity contribution in [3.63, 3.8) is 0 Å². The number of carbonyl (C=O) groups excluding carboxylic acids is 1. The standard InChI is InChI=1S/C13H19N5O5/c19-11(20)3-8-18(12(21)10-2-5-17-23-10)22-9-1-4-14-13-15-6-7-16-13/h2,5H,1,3-4,6-9H2,(H,19,20)(H2,14,15,16). The Hall–Kier alpha value is -2.62. The molecule has 23 heavy (non-hydrogen) atoms. The summed E-state index contributed by atoms with van der Waals surface area (Å²) in [6, 6.07) is 1.39. The van der Waals surface area contributed by atoms with Crippen molar-refractivity contribution in [3.8, 4) is 0 Å². The zero-order valence-corrected chi connectivity index (χ0v) is 12.5. The topological polar surface area (TPSA) is 129 Å². The number of nitrogens with zero attached hydrogens (tertiary/aromatic N) is 3. The van der Waals surface area contributed by atoms with Gasteiger partial charge in [0, 0.05) is 19.2 Å². The minimum atomic E-state index is -1.02. The Kier molecular flexibility index (Phi) is 6.36. The fourth-order valence-corrected chi connectivity index (χ4v) is 1.84. The lowest BCUT2D eigenvalue weighted by atomic mass is 10.4. The summed E-state index contributed by atoms with van der Waals surface area (Å²) in [6.07, 6.45) is 1.73. The van der Waals surface area contributed by atoms with Gasteiger partial charge in [-0.05, 0) is 6.42 Å². The molecule has 0 fully saturated rings. The van der Waals surface area contributed by atoms with Crippen LogP contribution in [0, 0.1) is 0 Å².